The second-order valence-corrected chi connectivity index (χ2v) is 4.54. The molecule has 98 valence electrons. The minimum atomic E-state index is -1.08. The van der Waals surface area contributed by atoms with Gasteiger partial charge in [-0.3, -0.25) is 4.68 Å². The van der Waals surface area contributed by atoms with Crippen molar-refractivity contribution in [3.8, 4) is 6.07 Å². The smallest absolute Gasteiger partial charge is 0.143 e. The first-order chi connectivity index (χ1) is 9.03. The fraction of sp³-hybridized carbons (Fsp3) is 0.308. The van der Waals surface area contributed by atoms with Gasteiger partial charge in [-0.2, -0.15) is 10.4 Å². The number of nitrogens with zero attached hydrogens (tertiary/aromatic N) is 4. The summed E-state index contributed by atoms with van der Waals surface area (Å²) in [6.07, 6.45) is 4.97. The summed E-state index contributed by atoms with van der Waals surface area (Å²) >= 11 is 0. The van der Waals surface area contributed by atoms with Crippen LogP contribution >= 0.6 is 0 Å². The second kappa shape index (κ2) is 5.08. The predicted octanol–water partition coefficient (Wildman–Crippen LogP) is 1.01. The molecule has 0 aromatic carbocycles. The zero-order chi connectivity index (χ0) is 13.9. The summed E-state index contributed by atoms with van der Waals surface area (Å²) in [5, 5.41) is 26.4. The molecule has 0 saturated heterocycles. The zero-order valence-electron chi connectivity index (χ0n) is 10.8. The van der Waals surface area contributed by atoms with E-state index in [1.807, 2.05) is 0 Å². The van der Waals surface area contributed by atoms with Crippen molar-refractivity contribution in [3.63, 3.8) is 0 Å². The minimum absolute atomic E-state index is 0.240. The van der Waals surface area contributed by atoms with Crippen molar-refractivity contribution in [2.75, 3.05) is 11.9 Å². The topological polar surface area (TPSA) is 86.8 Å². The highest BCUT2D eigenvalue weighted by atomic mass is 16.3. The van der Waals surface area contributed by atoms with Crippen LogP contribution in [0, 0.1) is 11.3 Å². The summed E-state index contributed by atoms with van der Waals surface area (Å²) < 4.78 is 1.63. The van der Waals surface area contributed by atoms with Crippen LogP contribution in [0.4, 0.5) is 5.82 Å². The van der Waals surface area contributed by atoms with E-state index in [-0.39, 0.29) is 6.54 Å². The van der Waals surface area contributed by atoms with Crippen LogP contribution in [0.15, 0.2) is 30.7 Å². The van der Waals surface area contributed by atoms with Crippen LogP contribution in [0.5, 0.6) is 0 Å². The number of hydrogen-bond acceptors (Lipinski definition) is 5. The van der Waals surface area contributed by atoms with E-state index < -0.39 is 5.60 Å². The SMILES string of the molecule is Cn1cc([C@@](C)(O)CNc2ncccc2C#N)cn1. The lowest BCUT2D eigenvalue weighted by molar-refractivity contribution is 0.0713. The number of aryl methyl sites for hydroxylation is 1. The Morgan fingerprint density at radius 2 is 2.37 bits per heavy atom. The van der Waals surface area contributed by atoms with E-state index in [1.54, 1.807) is 49.4 Å². The van der Waals surface area contributed by atoms with Gasteiger partial charge >= 0.3 is 0 Å². The minimum Gasteiger partial charge on any atom is -0.383 e. The van der Waals surface area contributed by atoms with E-state index in [0.29, 0.717) is 16.9 Å². The maximum absolute atomic E-state index is 10.4. The van der Waals surface area contributed by atoms with Crippen LogP contribution in [-0.4, -0.2) is 26.4 Å². The lowest BCUT2D eigenvalue weighted by Gasteiger charge is -2.22. The van der Waals surface area contributed by atoms with Crippen LogP contribution in [0.3, 0.4) is 0 Å². The molecule has 0 saturated carbocycles. The third kappa shape index (κ3) is 2.89. The third-order valence-electron chi connectivity index (χ3n) is 2.85. The molecule has 1 atom stereocenters. The van der Waals surface area contributed by atoms with E-state index in [0.717, 1.165) is 0 Å². The standard InChI is InChI=1S/C13H15N5O/c1-13(19,11-7-17-18(2)8-11)9-16-12-10(6-14)4-3-5-15-12/h3-5,7-8,19H,9H2,1-2H3,(H,15,16)/t13-/m0/s1. The van der Waals surface area contributed by atoms with Gasteiger partial charge in [0.15, 0.2) is 0 Å². The van der Waals surface area contributed by atoms with E-state index in [4.69, 9.17) is 5.26 Å². The molecule has 6 heteroatoms. The number of rotatable bonds is 4. The first-order valence-corrected chi connectivity index (χ1v) is 5.83. The Hall–Kier alpha value is -2.39. The number of aromatic nitrogens is 3. The molecule has 2 aromatic rings. The van der Waals surface area contributed by atoms with Gasteiger partial charge in [-0.05, 0) is 19.1 Å². The molecule has 2 heterocycles. The van der Waals surface area contributed by atoms with Gasteiger partial charge in [0.05, 0.1) is 11.8 Å². The van der Waals surface area contributed by atoms with Gasteiger partial charge in [0.25, 0.3) is 0 Å². The third-order valence-corrected chi connectivity index (χ3v) is 2.85. The summed E-state index contributed by atoms with van der Waals surface area (Å²) in [7, 11) is 1.79. The number of nitriles is 1. The first-order valence-electron chi connectivity index (χ1n) is 5.83. The Morgan fingerprint density at radius 3 is 3.00 bits per heavy atom. The van der Waals surface area contributed by atoms with Gasteiger partial charge in [0.2, 0.25) is 0 Å². The molecule has 0 bridgehead atoms. The molecule has 2 aromatic heterocycles. The molecule has 2 rings (SSSR count). The highest BCUT2D eigenvalue weighted by Gasteiger charge is 2.24. The molecule has 2 N–H and O–H groups in total. The summed E-state index contributed by atoms with van der Waals surface area (Å²) in [5.41, 5.74) is 0.0693. The molecule has 6 nitrogen and oxygen atoms in total. The molecule has 0 fully saturated rings. The van der Waals surface area contributed by atoms with E-state index in [2.05, 4.69) is 21.5 Å². The molecule has 0 aliphatic carbocycles. The number of nitrogens with one attached hydrogen (secondary N) is 1. The van der Waals surface area contributed by atoms with Gasteiger partial charge < -0.3 is 10.4 Å². The molecule has 19 heavy (non-hydrogen) atoms. The van der Waals surface area contributed by atoms with Crippen LogP contribution in [0.25, 0.3) is 0 Å². The predicted molar refractivity (Wildman–Crippen MR) is 70.2 cm³/mol. The Balaban J connectivity index is 2.12. The number of aliphatic hydroxyl groups is 1. The number of hydrogen-bond donors (Lipinski definition) is 2. The quantitative estimate of drug-likeness (QED) is 0.853. The van der Waals surface area contributed by atoms with Crippen molar-refractivity contribution in [1.29, 1.82) is 5.26 Å². The molecule has 0 unspecified atom stereocenters. The van der Waals surface area contributed by atoms with Crippen LogP contribution in [0.1, 0.15) is 18.1 Å². The van der Waals surface area contributed by atoms with E-state index in [1.165, 1.54) is 0 Å². The van der Waals surface area contributed by atoms with Gasteiger partial charge in [-0.15, -0.1) is 0 Å². The highest BCUT2D eigenvalue weighted by molar-refractivity contribution is 5.51. The van der Waals surface area contributed by atoms with Crippen molar-refractivity contribution in [3.05, 3.63) is 41.9 Å². The van der Waals surface area contributed by atoms with Gasteiger partial charge in [-0.1, -0.05) is 0 Å². The molecule has 0 amide bonds. The molecule has 0 aliphatic rings. The largest absolute Gasteiger partial charge is 0.383 e. The van der Waals surface area contributed by atoms with Crippen LogP contribution < -0.4 is 5.32 Å². The monoisotopic (exact) mass is 257 g/mol. The Bertz CT molecular complexity index is 611. The summed E-state index contributed by atoms with van der Waals surface area (Å²) in [4.78, 5) is 4.09. The number of pyridine rings is 1. The molecular weight excluding hydrogens is 242 g/mol. The zero-order valence-corrected chi connectivity index (χ0v) is 10.8. The molecule has 0 aliphatic heterocycles. The summed E-state index contributed by atoms with van der Waals surface area (Å²) in [6.45, 7) is 1.93. The first kappa shape index (κ1) is 13.1. The highest BCUT2D eigenvalue weighted by Crippen LogP contribution is 2.21. The number of anilines is 1. The molecular formula is C13H15N5O. The maximum Gasteiger partial charge on any atom is 0.143 e. The maximum atomic E-state index is 10.4. The Labute approximate surface area is 111 Å². The normalized spacial score (nSPS) is 13.6. The summed E-state index contributed by atoms with van der Waals surface area (Å²) in [6, 6.07) is 5.42. The van der Waals surface area contributed by atoms with Gasteiger partial charge in [0, 0.05) is 31.5 Å². The average Bonchev–Trinajstić information content (AvgIpc) is 2.84. The Morgan fingerprint density at radius 1 is 1.58 bits per heavy atom. The second-order valence-electron chi connectivity index (χ2n) is 4.54. The van der Waals surface area contributed by atoms with Gasteiger partial charge in [-0.25, -0.2) is 4.98 Å². The van der Waals surface area contributed by atoms with Crippen molar-refractivity contribution < 1.29 is 5.11 Å². The fourth-order valence-electron chi connectivity index (χ4n) is 1.69. The van der Waals surface area contributed by atoms with Crippen molar-refractivity contribution in [2.45, 2.75) is 12.5 Å². The average molecular weight is 257 g/mol. The van der Waals surface area contributed by atoms with Crippen molar-refractivity contribution in [2.24, 2.45) is 7.05 Å². The van der Waals surface area contributed by atoms with Gasteiger partial charge in [0.1, 0.15) is 17.5 Å². The van der Waals surface area contributed by atoms with Crippen molar-refractivity contribution in [1.82, 2.24) is 14.8 Å². The fourth-order valence-corrected chi connectivity index (χ4v) is 1.69. The Kier molecular flexibility index (Phi) is 3.49. The molecule has 0 radical (unpaired) electrons. The molecule has 0 spiro atoms. The van der Waals surface area contributed by atoms with Crippen LogP contribution in [-0.2, 0) is 12.6 Å². The van der Waals surface area contributed by atoms with E-state index >= 15 is 0 Å². The lowest BCUT2D eigenvalue weighted by Crippen LogP contribution is -2.30. The summed E-state index contributed by atoms with van der Waals surface area (Å²) in [5.74, 6) is 0.467. The van der Waals surface area contributed by atoms with E-state index in [9.17, 15) is 5.11 Å². The van der Waals surface area contributed by atoms with Crippen LogP contribution in [0.2, 0.25) is 0 Å². The lowest BCUT2D eigenvalue weighted by atomic mass is 10.00. The van der Waals surface area contributed by atoms with Crippen molar-refractivity contribution >= 4 is 5.82 Å².